The number of hydrogen-bond donors (Lipinski definition) is 4. The zero-order valence-electron chi connectivity index (χ0n) is 14.7. The third-order valence-electron chi connectivity index (χ3n) is 5.11. The summed E-state index contributed by atoms with van der Waals surface area (Å²) < 4.78 is 5.44. The highest BCUT2D eigenvalue weighted by Gasteiger charge is 2.25. The predicted octanol–water partition coefficient (Wildman–Crippen LogP) is 2.57. The maximum atomic E-state index is 12.2. The molecule has 1 aliphatic rings. The number of fused-ring (bicyclic) bond motifs is 1. The normalized spacial score (nSPS) is 20.4. The summed E-state index contributed by atoms with van der Waals surface area (Å²) in [5, 5.41) is 16.5. The van der Waals surface area contributed by atoms with Crippen LogP contribution >= 0.6 is 0 Å². The molecule has 2 aromatic rings. The van der Waals surface area contributed by atoms with Crippen molar-refractivity contribution in [2.45, 2.75) is 38.1 Å². The molecule has 1 heterocycles. The lowest BCUT2D eigenvalue weighted by atomic mass is 9.85. The first-order valence-electron chi connectivity index (χ1n) is 9.01. The van der Waals surface area contributed by atoms with Crippen LogP contribution in [0.15, 0.2) is 24.4 Å². The van der Waals surface area contributed by atoms with Gasteiger partial charge in [-0.15, -0.1) is 0 Å². The molecule has 1 aromatic carbocycles. The Morgan fingerprint density at radius 2 is 2.20 bits per heavy atom. The molecule has 2 atom stereocenters. The number of amides is 2. The van der Waals surface area contributed by atoms with E-state index in [9.17, 15) is 9.90 Å². The predicted molar refractivity (Wildman–Crippen MR) is 97.9 cm³/mol. The van der Waals surface area contributed by atoms with Gasteiger partial charge in [-0.3, -0.25) is 0 Å². The molecule has 1 fully saturated rings. The molecule has 6 nitrogen and oxygen atoms in total. The number of carbonyl (C=O) groups is 1. The molecule has 0 spiro atoms. The van der Waals surface area contributed by atoms with Crippen molar-refractivity contribution < 1.29 is 14.6 Å². The molecule has 0 radical (unpaired) electrons. The first-order chi connectivity index (χ1) is 12.2. The second-order valence-electron chi connectivity index (χ2n) is 6.68. The minimum Gasteiger partial charge on any atom is -0.496 e. The molecule has 25 heavy (non-hydrogen) atoms. The molecule has 136 valence electrons. The number of aromatic nitrogens is 1. The van der Waals surface area contributed by atoms with Crippen molar-refractivity contribution in [3.8, 4) is 5.75 Å². The molecular weight excluding hydrogens is 318 g/mol. The Morgan fingerprint density at radius 3 is 3.00 bits per heavy atom. The number of urea groups is 1. The summed E-state index contributed by atoms with van der Waals surface area (Å²) in [6.45, 7) is 0.688. The lowest BCUT2D eigenvalue weighted by molar-refractivity contribution is 0.154. The van der Waals surface area contributed by atoms with Gasteiger partial charge in [0.2, 0.25) is 0 Å². The van der Waals surface area contributed by atoms with E-state index in [-0.39, 0.29) is 24.6 Å². The third-order valence-corrected chi connectivity index (χ3v) is 5.11. The van der Waals surface area contributed by atoms with Crippen LogP contribution in [-0.2, 0) is 6.42 Å². The maximum absolute atomic E-state index is 12.2. The van der Waals surface area contributed by atoms with Gasteiger partial charge >= 0.3 is 6.03 Å². The smallest absolute Gasteiger partial charge is 0.315 e. The van der Waals surface area contributed by atoms with Crippen molar-refractivity contribution in [2.75, 3.05) is 20.3 Å². The highest BCUT2D eigenvalue weighted by Crippen LogP contribution is 2.28. The van der Waals surface area contributed by atoms with Crippen LogP contribution in [0.3, 0.4) is 0 Å². The number of benzene rings is 1. The Bertz CT molecular complexity index is 713. The molecule has 4 N–H and O–H groups in total. The van der Waals surface area contributed by atoms with Crippen LogP contribution in [0.2, 0.25) is 0 Å². The third kappa shape index (κ3) is 4.07. The van der Waals surface area contributed by atoms with Crippen LogP contribution in [-0.4, -0.2) is 42.4 Å². The molecule has 1 saturated carbocycles. The largest absolute Gasteiger partial charge is 0.496 e. The van der Waals surface area contributed by atoms with Crippen LogP contribution in [0.5, 0.6) is 5.75 Å². The number of hydrogen-bond acceptors (Lipinski definition) is 3. The quantitative estimate of drug-likeness (QED) is 0.649. The van der Waals surface area contributed by atoms with Crippen LogP contribution in [0.1, 0.15) is 31.2 Å². The Morgan fingerprint density at radius 1 is 1.36 bits per heavy atom. The summed E-state index contributed by atoms with van der Waals surface area (Å²) in [4.78, 5) is 15.4. The summed E-state index contributed by atoms with van der Waals surface area (Å²) in [6.07, 6.45) is 6.86. The molecule has 0 aliphatic heterocycles. The van der Waals surface area contributed by atoms with Gasteiger partial charge in [-0.05, 0) is 37.0 Å². The van der Waals surface area contributed by atoms with Crippen LogP contribution in [0.4, 0.5) is 4.79 Å². The SMILES string of the molecule is COc1cccc2[nH]cc(CCNC(=O)NC3CCCCC3CO)c12. The zero-order valence-corrected chi connectivity index (χ0v) is 14.7. The lowest BCUT2D eigenvalue weighted by Crippen LogP contribution is -2.48. The van der Waals surface area contributed by atoms with Crippen LogP contribution < -0.4 is 15.4 Å². The van der Waals surface area contributed by atoms with Gasteiger partial charge in [-0.2, -0.15) is 0 Å². The average Bonchev–Trinajstić information content (AvgIpc) is 3.05. The minimum atomic E-state index is -0.155. The standard InChI is InChI=1S/C19H27N3O3/c1-25-17-8-4-7-16-18(17)13(11-21-16)9-10-20-19(24)22-15-6-3-2-5-14(15)12-23/h4,7-8,11,14-15,21,23H,2-3,5-6,9-10,12H2,1H3,(H2,20,22,24). The average molecular weight is 345 g/mol. The van der Waals surface area contributed by atoms with Crippen LogP contribution in [0, 0.1) is 5.92 Å². The van der Waals surface area contributed by atoms with Crippen molar-refractivity contribution in [3.63, 3.8) is 0 Å². The summed E-state index contributed by atoms with van der Waals surface area (Å²) in [6, 6.07) is 5.83. The number of H-pyrrole nitrogens is 1. The minimum absolute atomic E-state index is 0.0759. The first-order valence-corrected chi connectivity index (χ1v) is 9.01. The fourth-order valence-electron chi connectivity index (χ4n) is 3.73. The van der Waals surface area contributed by atoms with Gasteiger partial charge in [-0.25, -0.2) is 4.79 Å². The number of aromatic amines is 1. The highest BCUT2D eigenvalue weighted by molar-refractivity contribution is 5.89. The van der Waals surface area contributed by atoms with Gasteiger partial charge in [0.05, 0.1) is 7.11 Å². The maximum Gasteiger partial charge on any atom is 0.315 e. The Kier molecular flexibility index (Phi) is 5.81. The van der Waals surface area contributed by atoms with E-state index in [1.54, 1.807) is 7.11 Å². The van der Waals surface area contributed by atoms with Crippen LogP contribution in [0.25, 0.3) is 10.9 Å². The van der Waals surface area contributed by atoms with Gasteiger partial charge in [-0.1, -0.05) is 18.9 Å². The fourth-order valence-corrected chi connectivity index (χ4v) is 3.73. The lowest BCUT2D eigenvalue weighted by Gasteiger charge is -2.30. The number of aliphatic hydroxyl groups excluding tert-OH is 1. The molecule has 6 heteroatoms. The molecule has 2 unspecified atom stereocenters. The van der Waals surface area contributed by atoms with E-state index in [2.05, 4.69) is 15.6 Å². The number of methoxy groups -OCH3 is 1. The number of nitrogens with one attached hydrogen (secondary N) is 3. The molecule has 0 bridgehead atoms. The second-order valence-corrected chi connectivity index (χ2v) is 6.68. The highest BCUT2D eigenvalue weighted by atomic mass is 16.5. The fraction of sp³-hybridized carbons (Fsp3) is 0.526. The molecule has 1 aromatic heterocycles. The van der Waals surface area contributed by atoms with E-state index < -0.39 is 0 Å². The van der Waals surface area contributed by atoms with Gasteiger partial charge in [0, 0.05) is 42.2 Å². The van der Waals surface area contributed by atoms with E-state index in [4.69, 9.17) is 4.74 Å². The van der Waals surface area contributed by atoms with Gasteiger partial charge in [0.15, 0.2) is 0 Å². The molecule has 3 rings (SSSR count). The van der Waals surface area contributed by atoms with E-state index in [1.807, 2.05) is 24.4 Å². The summed E-state index contributed by atoms with van der Waals surface area (Å²) >= 11 is 0. The monoisotopic (exact) mass is 345 g/mol. The van der Waals surface area contributed by atoms with E-state index >= 15 is 0 Å². The number of carbonyl (C=O) groups excluding carboxylic acids is 1. The number of rotatable bonds is 6. The topological polar surface area (TPSA) is 86.4 Å². The molecule has 1 aliphatic carbocycles. The Balaban J connectivity index is 1.53. The van der Waals surface area contributed by atoms with Crippen molar-refractivity contribution in [3.05, 3.63) is 30.0 Å². The van der Waals surface area contributed by atoms with Gasteiger partial charge < -0.3 is 25.5 Å². The van der Waals surface area contributed by atoms with Crippen molar-refractivity contribution >= 4 is 16.9 Å². The van der Waals surface area contributed by atoms with Gasteiger partial charge in [0.25, 0.3) is 0 Å². The number of ether oxygens (including phenoxy) is 1. The van der Waals surface area contributed by atoms with Crippen molar-refractivity contribution in [1.82, 2.24) is 15.6 Å². The van der Waals surface area contributed by atoms with E-state index in [1.165, 1.54) is 0 Å². The zero-order chi connectivity index (χ0) is 17.6. The summed E-state index contributed by atoms with van der Waals surface area (Å²) in [5.74, 6) is 1.02. The second kappa shape index (κ2) is 8.25. The van der Waals surface area contributed by atoms with Crippen molar-refractivity contribution in [2.24, 2.45) is 5.92 Å². The first kappa shape index (κ1) is 17.6. The molecule has 0 saturated heterocycles. The summed E-state index contributed by atoms with van der Waals surface area (Å²) in [5.41, 5.74) is 2.16. The Hall–Kier alpha value is -2.21. The molecular formula is C19H27N3O3. The molecule has 2 amide bonds. The van der Waals surface area contributed by atoms with E-state index in [0.29, 0.717) is 6.54 Å². The number of aliphatic hydroxyl groups is 1. The van der Waals surface area contributed by atoms with Crippen molar-refractivity contribution in [1.29, 1.82) is 0 Å². The van der Waals surface area contributed by atoms with Gasteiger partial charge in [0.1, 0.15) is 5.75 Å². The van der Waals surface area contributed by atoms with E-state index in [0.717, 1.165) is 54.3 Å². The Labute approximate surface area is 147 Å². The summed E-state index contributed by atoms with van der Waals surface area (Å²) in [7, 11) is 1.67.